The Labute approximate surface area is 520 Å². The van der Waals surface area contributed by atoms with Gasteiger partial charge in [-0.3, -0.25) is 29.5 Å². The van der Waals surface area contributed by atoms with Crippen LogP contribution in [0.25, 0.3) is 21.3 Å². The number of benzene rings is 4. The third-order valence-corrected chi connectivity index (χ3v) is 17.8. The average molecular weight is 1260 g/mol. The van der Waals surface area contributed by atoms with Gasteiger partial charge < -0.3 is 38.4 Å². The third-order valence-electron chi connectivity index (χ3n) is 16.0. The Morgan fingerprint density at radius 2 is 1.24 bits per heavy atom. The molecule has 9 rings (SSSR count). The van der Waals surface area contributed by atoms with Gasteiger partial charge in [-0.25, -0.2) is 14.8 Å². The molecule has 5 heterocycles. The van der Waals surface area contributed by atoms with Crippen molar-refractivity contribution >= 4 is 72.2 Å². The number of hydrogen-bond acceptors (Lipinski definition) is 17. The topological polar surface area (TPSA) is 168 Å². The number of aromatic nitrogens is 2. The number of fused-ring (bicyclic) bond motifs is 2. The van der Waals surface area contributed by atoms with E-state index in [9.17, 15) is 19.2 Å². The second kappa shape index (κ2) is 30.4. The van der Waals surface area contributed by atoms with Crippen LogP contribution >= 0.6 is 27.3 Å². The molecule has 0 radical (unpaired) electrons. The minimum Gasteiger partial charge on any atom is -0.493 e. The predicted molar refractivity (Wildman–Crippen MR) is 345 cm³/mol. The van der Waals surface area contributed by atoms with E-state index in [2.05, 4.69) is 91.4 Å². The van der Waals surface area contributed by atoms with Crippen molar-refractivity contribution in [3.63, 3.8) is 0 Å². The summed E-state index contributed by atoms with van der Waals surface area (Å²) in [5, 5.41) is 3.58. The van der Waals surface area contributed by atoms with Gasteiger partial charge in [0.15, 0.2) is 10.8 Å². The van der Waals surface area contributed by atoms with Gasteiger partial charge >= 0.3 is 17.9 Å². The third kappa shape index (κ3) is 17.4. The van der Waals surface area contributed by atoms with Gasteiger partial charge in [0.1, 0.15) is 22.9 Å². The highest BCUT2D eigenvalue weighted by Gasteiger charge is 2.33. The van der Waals surface area contributed by atoms with Gasteiger partial charge in [0.2, 0.25) is 0 Å². The highest BCUT2D eigenvalue weighted by Crippen LogP contribution is 2.36. The molecule has 3 aliphatic heterocycles. The molecule has 17 nitrogen and oxygen atoms in total. The highest BCUT2D eigenvalue weighted by atomic mass is 79.9. The molecule has 1 amide bonds. The first-order valence-corrected chi connectivity index (χ1v) is 32.0. The van der Waals surface area contributed by atoms with E-state index >= 15 is 0 Å². The molecule has 19 heteroatoms. The van der Waals surface area contributed by atoms with Crippen LogP contribution in [0.1, 0.15) is 118 Å². The Morgan fingerprint density at radius 3 is 1.83 bits per heavy atom. The number of halogens is 1. The second-order valence-electron chi connectivity index (χ2n) is 23.7. The molecular weight excluding hydrogens is 1170 g/mol. The minimum absolute atomic E-state index is 0.127. The van der Waals surface area contributed by atoms with E-state index in [-0.39, 0.29) is 35.6 Å². The van der Waals surface area contributed by atoms with Crippen molar-refractivity contribution in [3.05, 3.63) is 129 Å². The first-order chi connectivity index (χ1) is 41.2. The number of nitrogens with one attached hydrogen (secondary N) is 1. The summed E-state index contributed by atoms with van der Waals surface area (Å²) < 4.78 is 30.6. The van der Waals surface area contributed by atoms with Crippen LogP contribution in [-0.4, -0.2) is 168 Å². The highest BCUT2D eigenvalue weighted by molar-refractivity contribution is 9.10. The molecule has 2 aromatic heterocycles. The number of carbonyl (C=O) groups excluding carboxylic acids is 4. The number of pyridine rings is 1. The number of ether oxygens (including phenoxy) is 5. The monoisotopic (exact) mass is 1260 g/mol. The molecule has 6 aromatic rings. The van der Waals surface area contributed by atoms with E-state index in [0.29, 0.717) is 93.2 Å². The number of amides is 1. The number of nitrogens with zero attached hydrogens (tertiary/aromatic N) is 7. The number of carbonyl (C=O) groups is 4. The molecule has 2 saturated heterocycles. The number of para-hydroxylation sites is 1. The summed E-state index contributed by atoms with van der Waals surface area (Å²) in [6, 6.07) is 30.6. The van der Waals surface area contributed by atoms with Gasteiger partial charge in [0.05, 0.1) is 49.7 Å². The van der Waals surface area contributed by atoms with Crippen LogP contribution in [-0.2, 0) is 36.8 Å². The lowest BCUT2D eigenvalue weighted by Gasteiger charge is -2.44. The molecule has 0 aliphatic carbocycles. The number of thiazole rings is 1. The van der Waals surface area contributed by atoms with Gasteiger partial charge in [-0.1, -0.05) is 69.7 Å². The molecule has 462 valence electrons. The Morgan fingerprint density at radius 1 is 0.674 bits per heavy atom. The van der Waals surface area contributed by atoms with Gasteiger partial charge in [0.25, 0.3) is 5.91 Å². The Balaban J connectivity index is 0.000000309. The Kier molecular flexibility index (Phi) is 23.2. The molecule has 0 unspecified atom stereocenters. The lowest BCUT2D eigenvalue weighted by atomic mass is 9.94. The fourth-order valence-electron chi connectivity index (χ4n) is 11.8. The molecule has 4 atom stereocenters. The molecule has 0 spiro atoms. The van der Waals surface area contributed by atoms with Crippen LogP contribution in [0.5, 0.6) is 11.5 Å². The van der Waals surface area contributed by atoms with Crippen molar-refractivity contribution in [1.29, 1.82) is 0 Å². The minimum atomic E-state index is -0.731. The van der Waals surface area contributed by atoms with Crippen molar-refractivity contribution in [2.75, 3.05) is 95.5 Å². The van der Waals surface area contributed by atoms with Crippen LogP contribution in [0.15, 0.2) is 95.5 Å². The SMILES string of the molecule is CCOC(=O)CN1[C@H](C)CN(CCCOc2cccc(-c3ccc(N4CCc5cccc(C(=O)Nc6nc7ccccc7s6)c5C4)nc3C(=O)OC(C)(C)C)c2C)C[C@@H]1C.CCOC(=O)CN1[C@H](C)CN(CCCOc2cccc(Br)c2C)C[C@@H]1C. The summed E-state index contributed by atoms with van der Waals surface area (Å²) in [6.07, 6.45) is 2.54. The zero-order valence-electron chi connectivity index (χ0n) is 52.1. The summed E-state index contributed by atoms with van der Waals surface area (Å²) in [4.78, 5) is 72.7. The summed E-state index contributed by atoms with van der Waals surface area (Å²) in [5.41, 5.74) is 6.50. The smallest absolute Gasteiger partial charge is 0.358 e. The number of esters is 3. The Bertz CT molecular complexity index is 3240. The maximum atomic E-state index is 14.0. The van der Waals surface area contributed by atoms with Crippen molar-refractivity contribution in [3.8, 4) is 22.6 Å². The largest absolute Gasteiger partial charge is 0.493 e. The van der Waals surface area contributed by atoms with Crippen LogP contribution in [0, 0.1) is 13.8 Å². The van der Waals surface area contributed by atoms with E-state index in [4.69, 9.17) is 28.7 Å². The van der Waals surface area contributed by atoms with Gasteiger partial charge in [-0.15, -0.1) is 0 Å². The van der Waals surface area contributed by atoms with E-state index in [0.717, 1.165) is 106 Å². The average Bonchev–Trinajstić information content (AvgIpc) is 2.05. The number of piperazine rings is 2. The van der Waals surface area contributed by atoms with Crippen molar-refractivity contribution in [2.24, 2.45) is 0 Å². The Hall–Kier alpha value is -6.48. The van der Waals surface area contributed by atoms with Crippen LogP contribution in [0.4, 0.5) is 10.9 Å². The van der Waals surface area contributed by atoms with Crippen molar-refractivity contribution < 1.29 is 42.9 Å². The second-order valence-corrected chi connectivity index (χ2v) is 25.6. The fraction of sp³-hybridized carbons (Fsp3) is 0.493. The zero-order valence-corrected chi connectivity index (χ0v) is 54.5. The maximum Gasteiger partial charge on any atom is 0.358 e. The zero-order chi connectivity index (χ0) is 61.7. The first kappa shape index (κ1) is 65.5. The summed E-state index contributed by atoms with van der Waals surface area (Å²) in [6.45, 7) is 31.5. The molecule has 0 saturated carbocycles. The molecule has 2 fully saturated rings. The summed E-state index contributed by atoms with van der Waals surface area (Å²) in [5.74, 6) is 1.30. The first-order valence-electron chi connectivity index (χ1n) is 30.3. The van der Waals surface area contributed by atoms with Crippen LogP contribution < -0.4 is 19.7 Å². The van der Waals surface area contributed by atoms with E-state index in [1.54, 1.807) is 0 Å². The standard InChI is InChI=1S/C47H56N6O6S.C20H31BrN2O3/c1-8-57-42(54)29-53-30(2)26-51(27-31(53)3)23-13-25-58-39-18-12-15-34(32(39)4)35-20-21-41(49-43(35)45(56)59-47(5,6)7)52-24-22-33-14-11-16-36(37(33)28-52)44(55)50-46-48-38-17-9-10-19-40(38)60-46;1-5-25-20(24)14-23-15(2)12-22(13-16(23)3)10-7-11-26-19-9-6-8-18(21)17(19)4/h9-12,14-21,30-31H,8,13,22-29H2,1-7H3,(H,48,50,55);6,8-9,15-16H,5,7,10-14H2,1-4H3/t30-,31+;15-,16+. The lowest BCUT2D eigenvalue weighted by Crippen LogP contribution is -2.58. The van der Waals surface area contributed by atoms with Crippen molar-refractivity contribution in [2.45, 2.75) is 132 Å². The lowest BCUT2D eigenvalue weighted by molar-refractivity contribution is -0.147. The summed E-state index contributed by atoms with van der Waals surface area (Å²) in [7, 11) is 0. The van der Waals surface area contributed by atoms with E-state index < -0.39 is 11.6 Å². The van der Waals surface area contributed by atoms with Crippen LogP contribution in [0.3, 0.4) is 0 Å². The molecule has 3 aliphatic rings. The fourth-order valence-corrected chi connectivity index (χ4v) is 13.0. The maximum absolute atomic E-state index is 14.0. The number of hydrogen-bond donors (Lipinski definition) is 1. The predicted octanol–water partition coefficient (Wildman–Crippen LogP) is 11.6. The number of anilines is 2. The van der Waals surface area contributed by atoms with Crippen LogP contribution in [0.2, 0.25) is 0 Å². The van der Waals surface area contributed by atoms with Gasteiger partial charge in [-0.05, 0) is 166 Å². The molecule has 4 aromatic carbocycles. The van der Waals surface area contributed by atoms with Gasteiger partial charge in [-0.2, -0.15) is 0 Å². The normalized spacial score (nSPS) is 18.6. The van der Waals surface area contributed by atoms with Crippen molar-refractivity contribution in [1.82, 2.24) is 29.6 Å². The van der Waals surface area contributed by atoms with E-state index in [1.165, 1.54) is 11.3 Å². The molecule has 0 bridgehead atoms. The molecular formula is C67H87BrN8O9S. The molecule has 86 heavy (non-hydrogen) atoms. The summed E-state index contributed by atoms with van der Waals surface area (Å²) >= 11 is 4.98. The molecule has 1 N–H and O–H groups in total. The quantitative estimate of drug-likeness (QED) is 0.0410. The van der Waals surface area contributed by atoms with E-state index in [1.807, 2.05) is 126 Å². The number of rotatable bonds is 21. The van der Waals surface area contributed by atoms with Gasteiger partial charge in [0, 0.05) is 97.7 Å².